The van der Waals surface area contributed by atoms with Crippen molar-refractivity contribution < 1.29 is 4.74 Å². The largest absolute Gasteiger partial charge is 0.383 e. The number of ether oxygens (including phenoxy) is 1. The molecule has 0 fully saturated rings. The molecule has 0 saturated heterocycles. The van der Waals surface area contributed by atoms with E-state index in [1.165, 1.54) is 5.56 Å². The average Bonchev–Trinajstić information content (AvgIpc) is 2.15. The lowest BCUT2D eigenvalue weighted by Gasteiger charge is -2.17. The van der Waals surface area contributed by atoms with Crippen LogP contribution in [0.25, 0.3) is 0 Å². The fourth-order valence-electron chi connectivity index (χ4n) is 1.42. The third-order valence-corrected chi connectivity index (χ3v) is 2.64. The van der Waals surface area contributed by atoms with Crippen molar-refractivity contribution in [3.8, 4) is 0 Å². The summed E-state index contributed by atoms with van der Waals surface area (Å²) in [4.78, 5) is 0. The first-order valence-electron chi connectivity index (χ1n) is 4.40. The van der Waals surface area contributed by atoms with Gasteiger partial charge >= 0.3 is 0 Å². The van der Waals surface area contributed by atoms with Gasteiger partial charge in [0.15, 0.2) is 0 Å². The number of hydrazine groups is 1. The number of hydrogen-bond acceptors (Lipinski definition) is 3. The van der Waals surface area contributed by atoms with Gasteiger partial charge in [0.2, 0.25) is 0 Å². The van der Waals surface area contributed by atoms with Crippen molar-refractivity contribution >= 4 is 15.9 Å². The van der Waals surface area contributed by atoms with Crippen molar-refractivity contribution in [2.75, 3.05) is 13.7 Å². The Bertz CT molecular complexity index is 304. The van der Waals surface area contributed by atoms with Crippen LogP contribution >= 0.6 is 15.9 Å². The van der Waals surface area contributed by atoms with E-state index in [0.717, 1.165) is 10.0 Å². The second-order valence-corrected chi connectivity index (χ2v) is 4.09. The Morgan fingerprint density at radius 3 is 2.79 bits per heavy atom. The molecule has 0 bridgehead atoms. The molecule has 0 spiro atoms. The lowest BCUT2D eigenvalue weighted by Crippen LogP contribution is -2.31. The highest BCUT2D eigenvalue weighted by Gasteiger charge is 2.11. The molecule has 14 heavy (non-hydrogen) atoms. The maximum absolute atomic E-state index is 5.46. The number of hydrogen-bond donors (Lipinski definition) is 2. The Morgan fingerprint density at radius 2 is 2.29 bits per heavy atom. The SMILES string of the molecule is COCC(NN)c1ccc(Br)cc1C. The zero-order valence-electron chi connectivity index (χ0n) is 8.38. The van der Waals surface area contributed by atoms with Crippen molar-refractivity contribution in [1.82, 2.24) is 5.43 Å². The Morgan fingerprint density at radius 1 is 1.57 bits per heavy atom. The Kier molecular flexibility index (Phi) is 4.54. The van der Waals surface area contributed by atoms with E-state index in [2.05, 4.69) is 34.3 Å². The predicted octanol–water partition coefficient (Wildman–Crippen LogP) is 1.91. The van der Waals surface area contributed by atoms with Gasteiger partial charge in [-0.05, 0) is 30.2 Å². The number of aryl methyl sites for hydroxylation is 1. The van der Waals surface area contributed by atoms with Crippen molar-refractivity contribution in [3.63, 3.8) is 0 Å². The summed E-state index contributed by atoms with van der Waals surface area (Å²) in [6.07, 6.45) is 0. The van der Waals surface area contributed by atoms with Crippen LogP contribution in [0.2, 0.25) is 0 Å². The molecule has 0 aromatic heterocycles. The molecule has 3 nitrogen and oxygen atoms in total. The number of nitrogens with two attached hydrogens (primary N) is 1. The molecule has 78 valence electrons. The van der Waals surface area contributed by atoms with Crippen LogP contribution in [0.5, 0.6) is 0 Å². The van der Waals surface area contributed by atoms with Gasteiger partial charge in [0.1, 0.15) is 0 Å². The van der Waals surface area contributed by atoms with E-state index in [1.54, 1.807) is 7.11 Å². The van der Waals surface area contributed by atoms with E-state index in [1.807, 2.05) is 12.1 Å². The molecule has 0 aliphatic rings. The predicted molar refractivity (Wildman–Crippen MR) is 60.8 cm³/mol. The Hall–Kier alpha value is -0.420. The van der Waals surface area contributed by atoms with Gasteiger partial charge < -0.3 is 4.74 Å². The van der Waals surface area contributed by atoms with Gasteiger partial charge in [-0.25, -0.2) is 0 Å². The highest BCUT2D eigenvalue weighted by molar-refractivity contribution is 9.10. The summed E-state index contributed by atoms with van der Waals surface area (Å²) in [5.74, 6) is 5.46. The first kappa shape index (κ1) is 11.7. The lowest BCUT2D eigenvalue weighted by atomic mass is 10.0. The number of halogens is 1. The van der Waals surface area contributed by atoms with Gasteiger partial charge in [0, 0.05) is 11.6 Å². The van der Waals surface area contributed by atoms with Crippen LogP contribution in [0.1, 0.15) is 17.2 Å². The summed E-state index contributed by atoms with van der Waals surface area (Å²) in [6.45, 7) is 2.62. The normalized spacial score (nSPS) is 12.9. The minimum atomic E-state index is 0.0492. The van der Waals surface area contributed by atoms with Crippen LogP contribution in [-0.4, -0.2) is 13.7 Å². The van der Waals surface area contributed by atoms with Crippen molar-refractivity contribution in [2.24, 2.45) is 5.84 Å². The maximum atomic E-state index is 5.46. The Balaban J connectivity index is 2.92. The van der Waals surface area contributed by atoms with Gasteiger partial charge in [-0.1, -0.05) is 22.0 Å². The summed E-state index contributed by atoms with van der Waals surface area (Å²) in [7, 11) is 1.67. The summed E-state index contributed by atoms with van der Waals surface area (Å²) < 4.78 is 6.16. The molecule has 0 heterocycles. The summed E-state index contributed by atoms with van der Waals surface area (Å²) in [5, 5.41) is 0. The van der Waals surface area contributed by atoms with Gasteiger partial charge in [0.05, 0.1) is 12.6 Å². The monoisotopic (exact) mass is 258 g/mol. The van der Waals surface area contributed by atoms with Crippen molar-refractivity contribution in [2.45, 2.75) is 13.0 Å². The molecule has 1 aromatic carbocycles. The third-order valence-electron chi connectivity index (χ3n) is 2.14. The smallest absolute Gasteiger partial charge is 0.0696 e. The van der Waals surface area contributed by atoms with Gasteiger partial charge in [0.25, 0.3) is 0 Å². The molecular formula is C10H15BrN2O. The van der Waals surface area contributed by atoms with Crippen molar-refractivity contribution in [1.29, 1.82) is 0 Å². The van der Waals surface area contributed by atoms with Crippen LogP contribution < -0.4 is 11.3 Å². The quantitative estimate of drug-likeness (QED) is 0.641. The minimum absolute atomic E-state index is 0.0492. The number of benzene rings is 1. The van der Waals surface area contributed by atoms with E-state index < -0.39 is 0 Å². The van der Waals surface area contributed by atoms with Crippen LogP contribution in [0.15, 0.2) is 22.7 Å². The van der Waals surface area contributed by atoms with Crippen molar-refractivity contribution in [3.05, 3.63) is 33.8 Å². The molecule has 1 atom stereocenters. The van der Waals surface area contributed by atoms with Crippen LogP contribution in [-0.2, 0) is 4.74 Å². The summed E-state index contributed by atoms with van der Waals surface area (Å²) in [6, 6.07) is 6.16. The fraction of sp³-hybridized carbons (Fsp3) is 0.400. The molecule has 0 amide bonds. The lowest BCUT2D eigenvalue weighted by molar-refractivity contribution is 0.167. The highest BCUT2D eigenvalue weighted by Crippen LogP contribution is 2.21. The zero-order valence-corrected chi connectivity index (χ0v) is 9.97. The van der Waals surface area contributed by atoms with Crippen LogP contribution in [0, 0.1) is 6.92 Å². The van der Waals surface area contributed by atoms with Gasteiger partial charge in [-0.2, -0.15) is 0 Å². The van der Waals surface area contributed by atoms with E-state index in [0.29, 0.717) is 6.61 Å². The average molecular weight is 259 g/mol. The third kappa shape index (κ3) is 2.78. The van der Waals surface area contributed by atoms with E-state index in [4.69, 9.17) is 10.6 Å². The molecular weight excluding hydrogens is 244 g/mol. The molecule has 1 aromatic rings. The zero-order chi connectivity index (χ0) is 10.6. The summed E-state index contributed by atoms with van der Waals surface area (Å²) in [5.41, 5.74) is 5.10. The minimum Gasteiger partial charge on any atom is -0.383 e. The second kappa shape index (κ2) is 5.46. The Labute approximate surface area is 92.7 Å². The molecule has 4 heteroatoms. The topological polar surface area (TPSA) is 47.3 Å². The van der Waals surface area contributed by atoms with Gasteiger partial charge in [-0.3, -0.25) is 11.3 Å². The second-order valence-electron chi connectivity index (χ2n) is 3.18. The summed E-state index contributed by atoms with van der Waals surface area (Å²) >= 11 is 3.42. The van der Waals surface area contributed by atoms with Crippen LogP contribution in [0.4, 0.5) is 0 Å². The standard InChI is InChI=1S/C10H15BrN2O/c1-7-5-8(11)3-4-9(7)10(13-12)6-14-2/h3-5,10,13H,6,12H2,1-2H3. The highest BCUT2D eigenvalue weighted by atomic mass is 79.9. The van der Waals surface area contributed by atoms with Crippen LogP contribution in [0.3, 0.4) is 0 Å². The first-order chi connectivity index (χ1) is 6.69. The molecule has 3 N–H and O–H groups in total. The van der Waals surface area contributed by atoms with E-state index in [-0.39, 0.29) is 6.04 Å². The van der Waals surface area contributed by atoms with Gasteiger partial charge in [-0.15, -0.1) is 0 Å². The molecule has 0 radical (unpaired) electrons. The molecule has 1 rings (SSSR count). The molecule has 1 unspecified atom stereocenters. The van der Waals surface area contributed by atoms with E-state index >= 15 is 0 Å². The first-order valence-corrected chi connectivity index (χ1v) is 5.19. The molecule has 0 aliphatic carbocycles. The number of methoxy groups -OCH3 is 1. The fourth-order valence-corrected chi connectivity index (χ4v) is 1.90. The maximum Gasteiger partial charge on any atom is 0.0696 e. The molecule has 0 aliphatic heterocycles. The number of nitrogens with one attached hydrogen (secondary N) is 1. The number of rotatable bonds is 4. The molecule has 0 saturated carbocycles. The van der Waals surface area contributed by atoms with E-state index in [9.17, 15) is 0 Å².